The molecule has 0 aliphatic carbocycles. The Labute approximate surface area is 125 Å². The first kappa shape index (κ1) is 15.2. The van der Waals surface area contributed by atoms with E-state index >= 15 is 0 Å². The fraction of sp³-hybridized carbons (Fsp3) is 0.562. The average molecular weight is 290 g/mol. The Balaban J connectivity index is 1.67. The van der Waals surface area contributed by atoms with Crippen LogP contribution in [-0.2, 0) is 0 Å². The molecule has 1 aromatic rings. The highest BCUT2D eigenvalue weighted by Gasteiger charge is 2.18. The number of thioether (sulfide) groups is 1. The predicted molar refractivity (Wildman–Crippen MR) is 84.2 cm³/mol. The van der Waals surface area contributed by atoms with Crippen molar-refractivity contribution in [1.29, 1.82) is 5.26 Å². The van der Waals surface area contributed by atoms with E-state index in [9.17, 15) is 0 Å². The van der Waals surface area contributed by atoms with Crippen molar-refractivity contribution in [2.75, 3.05) is 32.0 Å². The molecule has 2 rings (SSSR count). The van der Waals surface area contributed by atoms with Gasteiger partial charge in [-0.3, -0.25) is 0 Å². The second-order valence-electron chi connectivity index (χ2n) is 5.04. The number of benzene rings is 1. The summed E-state index contributed by atoms with van der Waals surface area (Å²) >= 11 is 2.10. The lowest BCUT2D eigenvalue weighted by Crippen LogP contribution is -2.38. The highest BCUT2D eigenvalue weighted by molar-refractivity contribution is 8.00. The quantitative estimate of drug-likeness (QED) is 0.754. The van der Waals surface area contributed by atoms with Crippen LogP contribution in [0.15, 0.2) is 24.3 Å². The molecule has 0 radical (unpaired) electrons. The fourth-order valence-corrected chi connectivity index (χ4v) is 3.61. The highest BCUT2D eigenvalue weighted by atomic mass is 32.2. The van der Waals surface area contributed by atoms with Crippen LogP contribution in [0.2, 0.25) is 0 Å². The number of nitriles is 1. The molecular formula is C16H22N2OS. The topological polar surface area (TPSA) is 36.3 Å². The maximum atomic E-state index is 8.84. The van der Waals surface area contributed by atoms with Gasteiger partial charge in [0.05, 0.1) is 18.2 Å². The molecule has 0 saturated carbocycles. The van der Waals surface area contributed by atoms with Crippen LogP contribution in [0.4, 0.5) is 0 Å². The van der Waals surface area contributed by atoms with Gasteiger partial charge >= 0.3 is 0 Å². The molecule has 4 heteroatoms. The van der Waals surface area contributed by atoms with Crippen molar-refractivity contribution in [1.82, 2.24) is 4.90 Å². The number of hydrogen-bond donors (Lipinski definition) is 0. The zero-order valence-corrected chi connectivity index (χ0v) is 12.9. The van der Waals surface area contributed by atoms with Gasteiger partial charge in [-0.15, -0.1) is 0 Å². The van der Waals surface area contributed by atoms with Gasteiger partial charge in [0.25, 0.3) is 0 Å². The molecule has 1 aromatic carbocycles. The predicted octanol–water partition coefficient (Wildman–Crippen LogP) is 3.15. The Morgan fingerprint density at radius 2 is 2.40 bits per heavy atom. The first-order chi connectivity index (χ1) is 9.81. The van der Waals surface area contributed by atoms with Gasteiger partial charge in [0, 0.05) is 30.6 Å². The molecule has 1 fully saturated rings. The Morgan fingerprint density at radius 3 is 3.20 bits per heavy atom. The van der Waals surface area contributed by atoms with Crippen molar-refractivity contribution in [3.05, 3.63) is 29.8 Å². The first-order valence-corrected chi connectivity index (χ1v) is 8.33. The normalized spacial score (nSPS) is 19.5. The second-order valence-corrected chi connectivity index (χ2v) is 6.45. The summed E-state index contributed by atoms with van der Waals surface area (Å²) in [6.07, 6.45) is 2.30. The van der Waals surface area contributed by atoms with Gasteiger partial charge in [-0.25, -0.2) is 0 Å². The van der Waals surface area contributed by atoms with Gasteiger partial charge in [-0.1, -0.05) is 13.0 Å². The van der Waals surface area contributed by atoms with E-state index in [1.165, 1.54) is 25.3 Å². The van der Waals surface area contributed by atoms with Crippen LogP contribution in [-0.4, -0.2) is 42.1 Å². The standard InChI is InChI=1S/C16H22N2OS/c1-2-16-13-18(8-10-20-16)7-4-9-19-15-6-3-5-14(11-15)12-17/h3,5-6,11,16H,2,4,7-10,13H2,1H3. The summed E-state index contributed by atoms with van der Waals surface area (Å²) in [6, 6.07) is 9.49. The number of hydrogen-bond acceptors (Lipinski definition) is 4. The molecule has 0 amide bonds. The molecule has 20 heavy (non-hydrogen) atoms. The summed E-state index contributed by atoms with van der Waals surface area (Å²) in [5.74, 6) is 2.05. The number of nitrogens with zero attached hydrogens (tertiary/aromatic N) is 2. The molecule has 0 bridgehead atoms. The Morgan fingerprint density at radius 1 is 1.50 bits per heavy atom. The van der Waals surface area contributed by atoms with Gasteiger partial charge in [0.15, 0.2) is 0 Å². The minimum Gasteiger partial charge on any atom is -0.494 e. The second kappa shape index (κ2) is 8.18. The molecule has 108 valence electrons. The van der Waals surface area contributed by atoms with E-state index in [0.29, 0.717) is 5.56 Å². The van der Waals surface area contributed by atoms with Gasteiger partial charge < -0.3 is 9.64 Å². The lowest BCUT2D eigenvalue weighted by Gasteiger charge is -2.31. The van der Waals surface area contributed by atoms with Crippen LogP contribution in [0, 0.1) is 11.3 Å². The maximum absolute atomic E-state index is 8.84. The van der Waals surface area contributed by atoms with E-state index in [4.69, 9.17) is 10.00 Å². The molecule has 1 saturated heterocycles. The summed E-state index contributed by atoms with van der Waals surface area (Å²) in [5.41, 5.74) is 0.654. The average Bonchev–Trinajstić information content (AvgIpc) is 2.52. The van der Waals surface area contributed by atoms with Crippen LogP contribution in [0.3, 0.4) is 0 Å². The molecule has 1 aliphatic rings. The van der Waals surface area contributed by atoms with Crippen molar-refractivity contribution in [2.45, 2.75) is 25.0 Å². The Hall–Kier alpha value is -1.18. The fourth-order valence-electron chi connectivity index (χ4n) is 2.36. The molecule has 0 aromatic heterocycles. The van der Waals surface area contributed by atoms with Gasteiger partial charge in [0.2, 0.25) is 0 Å². The number of ether oxygens (including phenoxy) is 1. The van der Waals surface area contributed by atoms with Crippen LogP contribution in [0.1, 0.15) is 25.3 Å². The molecule has 3 nitrogen and oxygen atoms in total. The van der Waals surface area contributed by atoms with Crippen molar-refractivity contribution in [3.8, 4) is 11.8 Å². The lowest BCUT2D eigenvalue weighted by molar-refractivity contribution is 0.238. The molecular weight excluding hydrogens is 268 g/mol. The van der Waals surface area contributed by atoms with Crippen LogP contribution < -0.4 is 4.74 Å². The minimum absolute atomic E-state index is 0.654. The van der Waals surface area contributed by atoms with E-state index in [1.54, 1.807) is 12.1 Å². The van der Waals surface area contributed by atoms with Crippen LogP contribution in [0.5, 0.6) is 5.75 Å². The third-order valence-electron chi connectivity index (χ3n) is 3.53. The summed E-state index contributed by atoms with van der Waals surface area (Å²) in [7, 11) is 0. The molecule has 1 atom stereocenters. The van der Waals surface area contributed by atoms with E-state index in [2.05, 4.69) is 29.7 Å². The summed E-state index contributed by atoms with van der Waals surface area (Å²) in [5, 5.41) is 9.64. The largest absolute Gasteiger partial charge is 0.494 e. The van der Waals surface area contributed by atoms with Crippen LogP contribution >= 0.6 is 11.8 Å². The monoisotopic (exact) mass is 290 g/mol. The zero-order valence-electron chi connectivity index (χ0n) is 12.0. The molecule has 0 N–H and O–H groups in total. The molecule has 1 aliphatic heterocycles. The van der Waals surface area contributed by atoms with Crippen molar-refractivity contribution < 1.29 is 4.74 Å². The lowest BCUT2D eigenvalue weighted by atomic mass is 10.2. The van der Waals surface area contributed by atoms with Gasteiger partial charge in [-0.2, -0.15) is 17.0 Å². The summed E-state index contributed by atoms with van der Waals surface area (Å²) in [4.78, 5) is 2.54. The third-order valence-corrected chi connectivity index (χ3v) is 4.90. The highest BCUT2D eigenvalue weighted by Crippen LogP contribution is 2.21. The molecule has 1 unspecified atom stereocenters. The van der Waals surface area contributed by atoms with Crippen molar-refractivity contribution in [2.24, 2.45) is 0 Å². The first-order valence-electron chi connectivity index (χ1n) is 7.28. The minimum atomic E-state index is 0.654. The van der Waals surface area contributed by atoms with Crippen LogP contribution in [0.25, 0.3) is 0 Å². The third kappa shape index (κ3) is 4.73. The SMILES string of the molecule is CCC1CN(CCCOc2cccc(C#N)c2)CCS1. The summed E-state index contributed by atoms with van der Waals surface area (Å²) < 4.78 is 5.71. The van der Waals surface area contributed by atoms with Crippen molar-refractivity contribution >= 4 is 11.8 Å². The number of rotatable bonds is 6. The Bertz CT molecular complexity index is 458. The summed E-state index contributed by atoms with van der Waals surface area (Å²) in [6.45, 7) is 6.51. The van der Waals surface area contributed by atoms with Gasteiger partial charge in [0.1, 0.15) is 5.75 Å². The Kier molecular flexibility index (Phi) is 6.23. The molecule has 0 spiro atoms. The van der Waals surface area contributed by atoms with E-state index in [1.807, 2.05) is 12.1 Å². The van der Waals surface area contributed by atoms with E-state index < -0.39 is 0 Å². The molecule has 1 heterocycles. The maximum Gasteiger partial charge on any atom is 0.120 e. The van der Waals surface area contributed by atoms with Gasteiger partial charge in [-0.05, 0) is 31.0 Å². The van der Waals surface area contributed by atoms with E-state index in [0.717, 1.165) is 30.6 Å². The smallest absolute Gasteiger partial charge is 0.120 e. The van der Waals surface area contributed by atoms with E-state index in [-0.39, 0.29) is 0 Å². The van der Waals surface area contributed by atoms with Crippen molar-refractivity contribution in [3.63, 3.8) is 0 Å². The zero-order chi connectivity index (χ0) is 14.2.